The normalized spacial score (nSPS) is 15.4. The molecular weight excluding hydrogens is 192 g/mol. The molecule has 0 aromatic carbocycles. The number of hydrogen-bond donors (Lipinski definition) is 2. The summed E-state index contributed by atoms with van der Waals surface area (Å²) < 4.78 is 0. The monoisotopic (exact) mass is 210 g/mol. The second-order valence-electron chi connectivity index (χ2n) is 3.60. The summed E-state index contributed by atoms with van der Waals surface area (Å²) in [6.07, 6.45) is 5.83. The fraction of sp³-hybridized carbons (Fsp3) is 0.600. The standard InChI is InChI=1S/C8H13N3.C2H5NO/c1-2-6-11(7-3-1)8-4-5-9-10-8;1-2(3)4/h4-5H,1-3,6-7H2,(H,9,10);1H3,(H2,3,4). The van der Waals surface area contributed by atoms with Crippen LogP contribution in [0.1, 0.15) is 26.2 Å². The van der Waals surface area contributed by atoms with Crippen LogP contribution in [-0.2, 0) is 4.79 Å². The van der Waals surface area contributed by atoms with E-state index in [0.717, 1.165) is 0 Å². The molecule has 0 saturated carbocycles. The van der Waals surface area contributed by atoms with Crippen molar-refractivity contribution in [3.05, 3.63) is 12.3 Å². The molecule has 2 heterocycles. The summed E-state index contributed by atoms with van der Waals surface area (Å²) in [5.74, 6) is 0.838. The molecule has 1 aromatic rings. The summed E-state index contributed by atoms with van der Waals surface area (Å²) in [5.41, 5.74) is 4.47. The Morgan fingerprint density at radius 3 is 2.53 bits per heavy atom. The van der Waals surface area contributed by atoms with E-state index in [2.05, 4.69) is 20.8 Å². The highest BCUT2D eigenvalue weighted by atomic mass is 16.1. The lowest BCUT2D eigenvalue weighted by atomic mass is 10.1. The molecule has 0 unspecified atom stereocenters. The quantitative estimate of drug-likeness (QED) is 0.723. The summed E-state index contributed by atoms with van der Waals surface area (Å²) in [6, 6.07) is 2.03. The van der Waals surface area contributed by atoms with Crippen LogP contribution < -0.4 is 10.6 Å². The Labute approximate surface area is 89.6 Å². The number of anilines is 1. The van der Waals surface area contributed by atoms with Gasteiger partial charge < -0.3 is 10.6 Å². The average molecular weight is 210 g/mol. The first kappa shape index (κ1) is 11.6. The number of hydrogen-bond acceptors (Lipinski definition) is 3. The largest absolute Gasteiger partial charge is 0.370 e. The zero-order valence-electron chi connectivity index (χ0n) is 9.07. The van der Waals surface area contributed by atoms with E-state index in [1.807, 2.05) is 12.3 Å². The van der Waals surface area contributed by atoms with E-state index in [4.69, 9.17) is 0 Å². The Kier molecular flexibility index (Phi) is 4.66. The third kappa shape index (κ3) is 4.49. The predicted octanol–water partition coefficient (Wildman–Crippen LogP) is 0.892. The second-order valence-corrected chi connectivity index (χ2v) is 3.60. The molecule has 0 spiro atoms. The molecule has 2 rings (SSSR count). The van der Waals surface area contributed by atoms with Crippen LogP contribution >= 0.6 is 0 Å². The molecule has 15 heavy (non-hydrogen) atoms. The number of aromatic amines is 1. The van der Waals surface area contributed by atoms with E-state index >= 15 is 0 Å². The van der Waals surface area contributed by atoms with E-state index in [1.165, 1.54) is 45.1 Å². The molecule has 0 aliphatic carbocycles. The van der Waals surface area contributed by atoms with Gasteiger partial charge >= 0.3 is 0 Å². The van der Waals surface area contributed by atoms with Gasteiger partial charge in [0, 0.05) is 26.1 Å². The Morgan fingerprint density at radius 2 is 2.07 bits per heavy atom. The number of aromatic nitrogens is 2. The lowest BCUT2D eigenvalue weighted by molar-refractivity contribution is -0.115. The lowest BCUT2D eigenvalue weighted by Gasteiger charge is -2.26. The maximum atomic E-state index is 9.22. The highest BCUT2D eigenvalue weighted by molar-refractivity contribution is 5.70. The molecule has 1 amide bonds. The van der Waals surface area contributed by atoms with Crippen molar-refractivity contribution in [1.82, 2.24) is 10.2 Å². The van der Waals surface area contributed by atoms with E-state index < -0.39 is 0 Å². The van der Waals surface area contributed by atoms with Gasteiger partial charge in [-0.3, -0.25) is 9.89 Å². The predicted molar refractivity (Wildman–Crippen MR) is 59.5 cm³/mol. The van der Waals surface area contributed by atoms with E-state index in [9.17, 15) is 4.79 Å². The van der Waals surface area contributed by atoms with Crippen molar-refractivity contribution >= 4 is 11.7 Å². The summed E-state index contributed by atoms with van der Waals surface area (Å²) in [7, 11) is 0. The van der Waals surface area contributed by atoms with Gasteiger partial charge in [-0.2, -0.15) is 5.10 Å². The minimum Gasteiger partial charge on any atom is -0.370 e. The van der Waals surface area contributed by atoms with Gasteiger partial charge in [0.1, 0.15) is 5.82 Å². The third-order valence-corrected chi connectivity index (χ3v) is 2.18. The number of carbonyl (C=O) groups excluding carboxylic acids is 1. The number of rotatable bonds is 1. The smallest absolute Gasteiger partial charge is 0.214 e. The SMILES string of the molecule is CC(N)=O.c1cc(N2CCCCC2)[nH]n1. The molecule has 5 heteroatoms. The van der Waals surface area contributed by atoms with Crippen molar-refractivity contribution in [2.45, 2.75) is 26.2 Å². The van der Waals surface area contributed by atoms with Crippen molar-refractivity contribution in [3.63, 3.8) is 0 Å². The van der Waals surface area contributed by atoms with Crippen LogP contribution in [0.3, 0.4) is 0 Å². The fourth-order valence-corrected chi connectivity index (χ4v) is 1.56. The number of primary amides is 1. The molecule has 1 aliphatic heterocycles. The molecule has 1 fully saturated rings. The summed E-state index contributed by atoms with van der Waals surface area (Å²) in [6.45, 7) is 3.67. The zero-order chi connectivity index (χ0) is 11.1. The van der Waals surface area contributed by atoms with Crippen LogP contribution in [0, 0.1) is 0 Å². The van der Waals surface area contributed by atoms with Gasteiger partial charge in [-0.1, -0.05) is 0 Å². The van der Waals surface area contributed by atoms with Gasteiger partial charge in [0.05, 0.1) is 6.20 Å². The first-order valence-corrected chi connectivity index (χ1v) is 5.20. The third-order valence-electron chi connectivity index (χ3n) is 2.18. The average Bonchev–Trinajstić information content (AvgIpc) is 2.71. The topological polar surface area (TPSA) is 75.0 Å². The number of nitrogens with one attached hydrogen (secondary N) is 1. The maximum absolute atomic E-state index is 9.22. The first-order valence-electron chi connectivity index (χ1n) is 5.20. The van der Waals surface area contributed by atoms with Gasteiger partial charge in [-0.15, -0.1) is 0 Å². The number of nitrogens with two attached hydrogens (primary N) is 1. The van der Waals surface area contributed by atoms with E-state index in [-0.39, 0.29) is 5.91 Å². The Balaban J connectivity index is 0.000000245. The molecule has 1 aromatic heterocycles. The van der Waals surface area contributed by atoms with Gasteiger partial charge in [-0.05, 0) is 19.3 Å². The van der Waals surface area contributed by atoms with E-state index in [0.29, 0.717) is 0 Å². The van der Waals surface area contributed by atoms with Crippen molar-refractivity contribution in [1.29, 1.82) is 0 Å². The van der Waals surface area contributed by atoms with Gasteiger partial charge in [0.2, 0.25) is 5.91 Å². The minimum absolute atomic E-state index is 0.333. The van der Waals surface area contributed by atoms with Crippen molar-refractivity contribution in [2.75, 3.05) is 18.0 Å². The highest BCUT2D eigenvalue weighted by Gasteiger charge is 2.10. The van der Waals surface area contributed by atoms with Crippen LogP contribution in [-0.4, -0.2) is 29.2 Å². The highest BCUT2D eigenvalue weighted by Crippen LogP contribution is 2.15. The second kappa shape index (κ2) is 6.06. The molecule has 5 nitrogen and oxygen atoms in total. The van der Waals surface area contributed by atoms with Crippen LogP contribution in [0.25, 0.3) is 0 Å². The molecule has 0 bridgehead atoms. The molecular formula is C10H18N4O. The van der Waals surface area contributed by atoms with Crippen LogP contribution in [0.2, 0.25) is 0 Å². The number of nitrogens with zero attached hydrogens (tertiary/aromatic N) is 2. The van der Waals surface area contributed by atoms with Gasteiger partial charge in [0.25, 0.3) is 0 Å². The molecule has 0 radical (unpaired) electrons. The van der Waals surface area contributed by atoms with Crippen LogP contribution in [0.4, 0.5) is 5.82 Å². The number of H-pyrrole nitrogens is 1. The molecule has 84 valence electrons. The van der Waals surface area contributed by atoms with Crippen LogP contribution in [0.5, 0.6) is 0 Å². The van der Waals surface area contributed by atoms with Crippen molar-refractivity contribution in [3.8, 4) is 0 Å². The van der Waals surface area contributed by atoms with Crippen LogP contribution in [0.15, 0.2) is 12.3 Å². The maximum Gasteiger partial charge on any atom is 0.214 e. The zero-order valence-corrected chi connectivity index (χ0v) is 9.07. The molecule has 1 aliphatic rings. The number of amides is 1. The number of piperidine rings is 1. The number of carbonyl (C=O) groups is 1. The molecule has 3 N–H and O–H groups in total. The summed E-state index contributed by atoms with van der Waals surface area (Å²) in [4.78, 5) is 11.6. The minimum atomic E-state index is -0.333. The van der Waals surface area contributed by atoms with Crippen molar-refractivity contribution in [2.24, 2.45) is 5.73 Å². The summed E-state index contributed by atoms with van der Waals surface area (Å²) >= 11 is 0. The van der Waals surface area contributed by atoms with Gasteiger partial charge in [-0.25, -0.2) is 0 Å². The van der Waals surface area contributed by atoms with Gasteiger partial charge in [0.15, 0.2) is 0 Å². The first-order chi connectivity index (χ1) is 7.20. The van der Waals surface area contributed by atoms with Crippen molar-refractivity contribution < 1.29 is 4.79 Å². The Hall–Kier alpha value is -1.52. The Morgan fingerprint density at radius 1 is 1.47 bits per heavy atom. The van der Waals surface area contributed by atoms with E-state index in [1.54, 1.807) is 0 Å². The summed E-state index contributed by atoms with van der Waals surface area (Å²) in [5, 5.41) is 6.91. The Bertz CT molecular complexity index is 274. The lowest BCUT2D eigenvalue weighted by Crippen LogP contribution is -2.29. The molecule has 0 atom stereocenters. The fourth-order valence-electron chi connectivity index (χ4n) is 1.56. The molecule has 1 saturated heterocycles.